The fourth-order valence-corrected chi connectivity index (χ4v) is 3.60. The Kier molecular flexibility index (Phi) is 3.88. The van der Waals surface area contributed by atoms with E-state index in [0.29, 0.717) is 23.5 Å². The molecule has 4 aromatic heterocycles. The molecule has 5 rings (SSSR count). The van der Waals surface area contributed by atoms with Gasteiger partial charge in [0.1, 0.15) is 0 Å². The molecular weight excluding hydrogens is 401 g/mol. The lowest BCUT2D eigenvalue weighted by Gasteiger charge is -2.08. The maximum Gasteiger partial charge on any atom is 0.417 e. The molecule has 0 spiro atoms. The van der Waals surface area contributed by atoms with E-state index in [0.717, 1.165) is 17.8 Å². The third kappa shape index (κ3) is 3.08. The molecule has 0 bridgehead atoms. The number of alkyl halides is 3. The van der Waals surface area contributed by atoms with Crippen molar-refractivity contribution in [2.45, 2.75) is 24.4 Å². The summed E-state index contributed by atoms with van der Waals surface area (Å²) >= 11 is 0. The second kappa shape index (κ2) is 6.37. The summed E-state index contributed by atoms with van der Waals surface area (Å²) in [5.74, 6) is -0.0837. The van der Waals surface area contributed by atoms with Gasteiger partial charge in [-0.2, -0.15) is 18.3 Å². The highest BCUT2D eigenvalue weighted by Crippen LogP contribution is 2.55. The average Bonchev–Trinajstić information content (AvgIpc) is 3.35. The number of hydrogen-bond donors (Lipinski definition) is 2. The first-order valence-corrected chi connectivity index (χ1v) is 9.01. The molecule has 2 N–H and O–H groups in total. The number of nitrogens with zero attached hydrogens (tertiary/aromatic N) is 4. The zero-order valence-electron chi connectivity index (χ0n) is 15.1. The van der Waals surface area contributed by atoms with E-state index in [1.165, 1.54) is 16.8 Å². The zero-order valence-corrected chi connectivity index (χ0v) is 15.1. The van der Waals surface area contributed by atoms with Crippen LogP contribution >= 0.6 is 0 Å². The maximum absolute atomic E-state index is 12.8. The number of aromatic nitrogens is 6. The normalized spacial score (nSPS) is 18.6. The molecule has 0 aliphatic heterocycles. The van der Waals surface area contributed by atoms with Gasteiger partial charge < -0.3 is 4.98 Å². The number of nitrogens with one attached hydrogen (secondary N) is 2. The summed E-state index contributed by atoms with van der Waals surface area (Å²) in [4.78, 5) is 36.4. The molecule has 4 heterocycles. The van der Waals surface area contributed by atoms with Crippen molar-refractivity contribution in [1.29, 1.82) is 0 Å². The van der Waals surface area contributed by atoms with Crippen molar-refractivity contribution in [3.63, 3.8) is 0 Å². The van der Waals surface area contributed by atoms with E-state index in [-0.39, 0.29) is 17.4 Å². The Balaban J connectivity index is 1.53. The van der Waals surface area contributed by atoms with E-state index in [2.05, 4.69) is 25.0 Å². The topological polar surface area (TPSA) is 109 Å². The number of fused-ring (bicyclic) bond motifs is 1. The number of halogens is 3. The summed E-state index contributed by atoms with van der Waals surface area (Å²) in [5, 5.41) is 4.37. The molecule has 1 saturated carbocycles. The minimum absolute atomic E-state index is 0.0253. The molecule has 0 amide bonds. The molecule has 0 saturated heterocycles. The Morgan fingerprint density at radius 1 is 1.13 bits per heavy atom. The number of aromatic amines is 2. The van der Waals surface area contributed by atoms with Crippen LogP contribution < -0.4 is 11.2 Å². The monoisotopic (exact) mass is 414 g/mol. The van der Waals surface area contributed by atoms with Crippen LogP contribution in [0.5, 0.6) is 0 Å². The van der Waals surface area contributed by atoms with Crippen LogP contribution in [0.3, 0.4) is 0 Å². The van der Waals surface area contributed by atoms with E-state index >= 15 is 0 Å². The largest absolute Gasteiger partial charge is 0.417 e. The van der Waals surface area contributed by atoms with Crippen molar-refractivity contribution in [2.75, 3.05) is 0 Å². The van der Waals surface area contributed by atoms with Gasteiger partial charge in [0.2, 0.25) is 0 Å². The minimum atomic E-state index is -4.43. The van der Waals surface area contributed by atoms with E-state index in [1.807, 2.05) is 0 Å². The molecule has 30 heavy (non-hydrogen) atoms. The van der Waals surface area contributed by atoms with Crippen LogP contribution in [0.15, 0.2) is 52.6 Å². The predicted molar refractivity (Wildman–Crippen MR) is 99.0 cm³/mol. The zero-order chi connectivity index (χ0) is 21.0. The summed E-state index contributed by atoms with van der Waals surface area (Å²) < 4.78 is 39.8. The van der Waals surface area contributed by atoms with Gasteiger partial charge in [-0.3, -0.25) is 14.8 Å². The number of rotatable bonds is 3. The SMILES string of the molecule is O=c1[nH]cc(-c2cc([C@@H]3C[C@H]3c3ccc(C(F)(F)F)cn3)c3nccn3n2)c(=O)[nH]1. The Morgan fingerprint density at radius 3 is 2.67 bits per heavy atom. The molecule has 0 unspecified atom stereocenters. The highest BCUT2D eigenvalue weighted by atomic mass is 19.4. The minimum Gasteiger partial charge on any atom is -0.313 e. The van der Waals surface area contributed by atoms with Crippen LogP contribution in [0.4, 0.5) is 13.2 Å². The molecule has 1 aliphatic carbocycles. The van der Waals surface area contributed by atoms with Crippen LogP contribution in [-0.4, -0.2) is 29.5 Å². The molecule has 0 radical (unpaired) electrons. The highest BCUT2D eigenvalue weighted by Gasteiger charge is 2.43. The quantitative estimate of drug-likeness (QED) is 0.535. The van der Waals surface area contributed by atoms with Crippen LogP contribution in [-0.2, 0) is 6.18 Å². The molecule has 11 heteroatoms. The molecule has 1 aliphatic rings. The van der Waals surface area contributed by atoms with Crippen molar-refractivity contribution in [1.82, 2.24) is 29.5 Å². The van der Waals surface area contributed by atoms with Crippen molar-refractivity contribution >= 4 is 5.65 Å². The molecule has 0 aromatic carbocycles. The summed E-state index contributed by atoms with van der Waals surface area (Å²) in [6, 6.07) is 4.14. The second-order valence-corrected chi connectivity index (χ2v) is 7.08. The van der Waals surface area contributed by atoms with Crippen LogP contribution in [0.1, 0.15) is 35.1 Å². The lowest BCUT2D eigenvalue weighted by Crippen LogP contribution is -2.23. The molecule has 4 aromatic rings. The summed E-state index contributed by atoms with van der Waals surface area (Å²) in [7, 11) is 0. The van der Waals surface area contributed by atoms with Crippen molar-refractivity contribution in [2.24, 2.45) is 0 Å². The van der Waals surface area contributed by atoms with Gasteiger partial charge in [0, 0.05) is 42.0 Å². The van der Waals surface area contributed by atoms with Gasteiger partial charge in [-0.1, -0.05) is 0 Å². The molecular formula is C19H13F3N6O2. The van der Waals surface area contributed by atoms with Crippen molar-refractivity contribution in [3.8, 4) is 11.3 Å². The van der Waals surface area contributed by atoms with Gasteiger partial charge in [-0.25, -0.2) is 14.3 Å². The summed E-state index contributed by atoms with van der Waals surface area (Å²) in [5.41, 5.74) is 0.522. The molecule has 1 fully saturated rings. The third-order valence-corrected chi connectivity index (χ3v) is 5.17. The Morgan fingerprint density at radius 2 is 1.97 bits per heavy atom. The van der Waals surface area contributed by atoms with E-state index in [9.17, 15) is 22.8 Å². The van der Waals surface area contributed by atoms with Gasteiger partial charge in [0.25, 0.3) is 5.56 Å². The Hall–Kier alpha value is -3.76. The van der Waals surface area contributed by atoms with Gasteiger partial charge in [0.15, 0.2) is 5.65 Å². The third-order valence-electron chi connectivity index (χ3n) is 5.17. The fraction of sp³-hybridized carbons (Fsp3) is 0.211. The highest BCUT2D eigenvalue weighted by molar-refractivity contribution is 5.63. The average molecular weight is 414 g/mol. The number of H-pyrrole nitrogens is 2. The summed E-state index contributed by atoms with van der Waals surface area (Å²) in [6.45, 7) is 0. The Labute approximate surface area is 165 Å². The molecule has 152 valence electrons. The molecule has 8 nitrogen and oxygen atoms in total. The maximum atomic E-state index is 12.8. The van der Waals surface area contributed by atoms with E-state index in [4.69, 9.17) is 0 Å². The lowest BCUT2D eigenvalue weighted by molar-refractivity contribution is -0.137. The van der Waals surface area contributed by atoms with Crippen molar-refractivity contribution in [3.05, 3.63) is 80.6 Å². The van der Waals surface area contributed by atoms with Crippen LogP contribution in [0.25, 0.3) is 16.9 Å². The smallest absolute Gasteiger partial charge is 0.313 e. The van der Waals surface area contributed by atoms with Gasteiger partial charge in [-0.15, -0.1) is 0 Å². The second-order valence-electron chi connectivity index (χ2n) is 7.08. The standard InChI is InChI=1S/C19H13F3N6O2/c20-19(21,22)9-1-2-14(24-7-9)11-5-10(11)12-6-15(27-28-4-3-23-16(12)28)13-8-25-18(30)26-17(13)29/h1-4,6-8,10-11H,5H2,(H2,25,26,29,30)/t10-,11-/m1/s1. The van der Waals surface area contributed by atoms with E-state index < -0.39 is 23.0 Å². The van der Waals surface area contributed by atoms with Crippen LogP contribution in [0.2, 0.25) is 0 Å². The number of pyridine rings is 1. The van der Waals surface area contributed by atoms with Gasteiger partial charge in [-0.05, 0) is 30.5 Å². The predicted octanol–water partition coefficient (Wildman–Crippen LogP) is 2.46. The first-order valence-electron chi connectivity index (χ1n) is 9.01. The number of imidazole rings is 1. The van der Waals surface area contributed by atoms with Crippen molar-refractivity contribution < 1.29 is 13.2 Å². The first-order chi connectivity index (χ1) is 14.3. The lowest BCUT2D eigenvalue weighted by atomic mass is 10.1. The fourth-order valence-electron chi connectivity index (χ4n) is 3.60. The first kappa shape index (κ1) is 18.3. The Bertz CT molecular complexity index is 1370. The number of hydrogen-bond acceptors (Lipinski definition) is 5. The summed E-state index contributed by atoms with van der Waals surface area (Å²) in [6.07, 6.45) is 1.59. The van der Waals surface area contributed by atoms with Crippen LogP contribution in [0, 0.1) is 0 Å². The van der Waals surface area contributed by atoms with E-state index in [1.54, 1.807) is 18.5 Å². The molecule has 2 atom stereocenters. The van der Waals surface area contributed by atoms with Gasteiger partial charge >= 0.3 is 11.9 Å². The van der Waals surface area contributed by atoms with Gasteiger partial charge in [0.05, 0.1) is 16.8 Å².